The monoisotopic (exact) mass is 369 g/mol. The van der Waals surface area contributed by atoms with Gasteiger partial charge in [0.15, 0.2) is 6.61 Å². The smallest absolute Gasteiger partial charge is 0.277 e. The average Bonchev–Trinajstić information content (AvgIpc) is 2.69. The molecule has 0 atom stereocenters. The maximum Gasteiger partial charge on any atom is 0.277 e. The number of benzene rings is 2. The summed E-state index contributed by atoms with van der Waals surface area (Å²) in [4.78, 5) is 13.9. The second-order valence-corrected chi connectivity index (χ2v) is 5.99. The van der Waals surface area contributed by atoms with Crippen LogP contribution >= 0.6 is 0 Å². The van der Waals surface area contributed by atoms with E-state index in [2.05, 4.69) is 36.2 Å². The standard InChI is InChI=1S/C21H27N3O3/c1-4-16-7-11-19(12-8-16)27-15-21(26)23-22-14-17-9-10-18(13-20(17)25)24(5-2)6-3/h7-14,25H,4-6,15H2,1-3H3,(H,23,26). The van der Waals surface area contributed by atoms with Crippen molar-refractivity contribution < 1.29 is 14.6 Å². The lowest BCUT2D eigenvalue weighted by Crippen LogP contribution is -2.24. The molecule has 2 aromatic carbocycles. The molecule has 0 unspecified atom stereocenters. The van der Waals surface area contributed by atoms with E-state index in [0.717, 1.165) is 25.2 Å². The highest BCUT2D eigenvalue weighted by Gasteiger charge is 2.06. The van der Waals surface area contributed by atoms with E-state index in [1.165, 1.54) is 11.8 Å². The molecule has 0 saturated heterocycles. The summed E-state index contributed by atoms with van der Waals surface area (Å²) in [5, 5.41) is 14.0. The molecule has 0 aliphatic heterocycles. The second kappa shape index (κ2) is 10.2. The first-order valence-electron chi connectivity index (χ1n) is 9.18. The van der Waals surface area contributed by atoms with Crippen LogP contribution in [0.2, 0.25) is 0 Å². The van der Waals surface area contributed by atoms with Gasteiger partial charge in [0.1, 0.15) is 11.5 Å². The number of ether oxygens (including phenoxy) is 1. The fraction of sp³-hybridized carbons (Fsp3) is 0.333. The molecule has 0 aliphatic rings. The van der Waals surface area contributed by atoms with Crippen LogP contribution in [0.1, 0.15) is 31.9 Å². The third-order valence-corrected chi connectivity index (χ3v) is 4.24. The summed E-state index contributed by atoms with van der Waals surface area (Å²) in [5.74, 6) is 0.380. The third kappa shape index (κ3) is 6.02. The van der Waals surface area contributed by atoms with Gasteiger partial charge >= 0.3 is 0 Å². The van der Waals surface area contributed by atoms with E-state index in [1.807, 2.05) is 30.3 Å². The summed E-state index contributed by atoms with van der Waals surface area (Å²) in [6.45, 7) is 7.80. The van der Waals surface area contributed by atoms with Crippen molar-refractivity contribution in [2.24, 2.45) is 5.10 Å². The molecular formula is C21H27N3O3. The number of hydrogen-bond donors (Lipinski definition) is 2. The number of anilines is 1. The van der Waals surface area contributed by atoms with Crippen LogP contribution in [0.5, 0.6) is 11.5 Å². The quantitative estimate of drug-likeness (QED) is 0.525. The number of aromatic hydroxyl groups is 1. The zero-order valence-electron chi connectivity index (χ0n) is 16.1. The number of phenols is 1. The van der Waals surface area contributed by atoms with E-state index < -0.39 is 0 Å². The van der Waals surface area contributed by atoms with E-state index in [9.17, 15) is 9.90 Å². The second-order valence-electron chi connectivity index (χ2n) is 5.99. The molecule has 0 radical (unpaired) electrons. The van der Waals surface area contributed by atoms with E-state index in [-0.39, 0.29) is 18.3 Å². The van der Waals surface area contributed by atoms with Gasteiger partial charge in [0, 0.05) is 30.4 Å². The van der Waals surface area contributed by atoms with Crippen molar-refractivity contribution >= 4 is 17.8 Å². The lowest BCUT2D eigenvalue weighted by Gasteiger charge is -2.21. The zero-order valence-corrected chi connectivity index (χ0v) is 16.1. The van der Waals surface area contributed by atoms with Crippen LogP contribution in [-0.4, -0.2) is 36.9 Å². The van der Waals surface area contributed by atoms with Gasteiger partial charge in [-0.1, -0.05) is 19.1 Å². The highest BCUT2D eigenvalue weighted by molar-refractivity contribution is 5.86. The van der Waals surface area contributed by atoms with Crippen molar-refractivity contribution in [3.63, 3.8) is 0 Å². The molecule has 144 valence electrons. The summed E-state index contributed by atoms with van der Waals surface area (Å²) in [6.07, 6.45) is 2.37. The molecule has 0 spiro atoms. The maximum atomic E-state index is 11.8. The van der Waals surface area contributed by atoms with Gasteiger partial charge in [-0.15, -0.1) is 0 Å². The minimum Gasteiger partial charge on any atom is -0.507 e. The lowest BCUT2D eigenvalue weighted by atomic mass is 10.2. The summed E-state index contributed by atoms with van der Waals surface area (Å²) >= 11 is 0. The fourth-order valence-corrected chi connectivity index (χ4v) is 2.60. The van der Waals surface area contributed by atoms with Gasteiger partial charge in [-0.25, -0.2) is 5.43 Å². The first-order chi connectivity index (χ1) is 13.1. The average molecular weight is 369 g/mol. The zero-order chi connectivity index (χ0) is 19.6. The van der Waals surface area contributed by atoms with Crippen molar-refractivity contribution in [1.82, 2.24) is 5.43 Å². The largest absolute Gasteiger partial charge is 0.507 e. The van der Waals surface area contributed by atoms with Crippen molar-refractivity contribution in [3.8, 4) is 11.5 Å². The molecule has 0 fully saturated rings. The molecule has 2 N–H and O–H groups in total. The highest BCUT2D eigenvalue weighted by atomic mass is 16.5. The van der Waals surface area contributed by atoms with Gasteiger partial charge in [0.2, 0.25) is 0 Å². The fourth-order valence-electron chi connectivity index (χ4n) is 2.60. The van der Waals surface area contributed by atoms with E-state index in [1.54, 1.807) is 12.1 Å². The number of amides is 1. The van der Waals surface area contributed by atoms with Crippen molar-refractivity contribution in [2.45, 2.75) is 27.2 Å². The van der Waals surface area contributed by atoms with Crippen molar-refractivity contribution in [2.75, 3.05) is 24.6 Å². The Balaban J connectivity index is 1.85. The van der Waals surface area contributed by atoms with Crippen LogP contribution in [-0.2, 0) is 11.2 Å². The summed E-state index contributed by atoms with van der Waals surface area (Å²) in [7, 11) is 0. The first kappa shape index (κ1) is 20.3. The van der Waals surface area contributed by atoms with E-state index in [4.69, 9.17) is 4.74 Å². The Morgan fingerprint density at radius 3 is 2.44 bits per heavy atom. The molecule has 6 nitrogen and oxygen atoms in total. The van der Waals surface area contributed by atoms with Gasteiger partial charge < -0.3 is 14.7 Å². The van der Waals surface area contributed by atoms with E-state index >= 15 is 0 Å². The van der Waals surface area contributed by atoms with Gasteiger partial charge in [0.25, 0.3) is 5.91 Å². The number of phenolic OH excluding ortho intramolecular Hbond substituents is 1. The molecule has 2 rings (SSSR count). The van der Waals surface area contributed by atoms with Gasteiger partial charge in [-0.3, -0.25) is 4.79 Å². The third-order valence-electron chi connectivity index (χ3n) is 4.24. The predicted octanol–water partition coefficient (Wildman–Crippen LogP) is 3.33. The highest BCUT2D eigenvalue weighted by Crippen LogP contribution is 2.23. The topological polar surface area (TPSA) is 74.2 Å². The number of nitrogens with zero attached hydrogens (tertiary/aromatic N) is 2. The molecule has 0 bridgehead atoms. The normalized spacial score (nSPS) is 10.8. The molecule has 1 amide bonds. The van der Waals surface area contributed by atoms with E-state index in [0.29, 0.717) is 11.3 Å². The number of rotatable bonds is 9. The Morgan fingerprint density at radius 1 is 1.15 bits per heavy atom. The molecular weight excluding hydrogens is 342 g/mol. The Hall–Kier alpha value is -3.02. The Morgan fingerprint density at radius 2 is 1.85 bits per heavy atom. The summed E-state index contributed by atoms with van der Waals surface area (Å²) in [6, 6.07) is 13.0. The van der Waals surface area contributed by atoms with Gasteiger partial charge in [0.05, 0.1) is 6.21 Å². The minimum atomic E-state index is -0.370. The number of hydrogen-bond acceptors (Lipinski definition) is 5. The summed E-state index contributed by atoms with van der Waals surface area (Å²) < 4.78 is 5.42. The lowest BCUT2D eigenvalue weighted by molar-refractivity contribution is -0.123. The molecule has 0 aromatic heterocycles. The van der Waals surface area contributed by atoms with Gasteiger partial charge in [-0.2, -0.15) is 5.10 Å². The molecule has 2 aromatic rings. The van der Waals surface area contributed by atoms with Crippen molar-refractivity contribution in [1.29, 1.82) is 0 Å². The van der Waals surface area contributed by atoms with Crippen LogP contribution < -0.4 is 15.1 Å². The Bertz CT molecular complexity index is 769. The molecule has 6 heteroatoms. The van der Waals surface area contributed by atoms with Crippen LogP contribution in [0.15, 0.2) is 47.6 Å². The van der Waals surface area contributed by atoms with Crippen molar-refractivity contribution in [3.05, 3.63) is 53.6 Å². The molecule has 27 heavy (non-hydrogen) atoms. The SMILES string of the molecule is CCc1ccc(OCC(=O)NN=Cc2ccc(N(CC)CC)cc2O)cc1. The summed E-state index contributed by atoms with van der Waals surface area (Å²) in [5.41, 5.74) is 5.08. The molecule has 0 aliphatic carbocycles. The van der Waals surface area contributed by atoms with Crippen LogP contribution in [0.3, 0.4) is 0 Å². The van der Waals surface area contributed by atoms with Crippen LogP contribution in [0.25, 0.3) is 0 Å². The number of carbonyl (C=O) groups is 1. The Labute approximate surface area is 160 Å². The predicted molar refractivity (Wildman–Crippen MR) is 109 cm³/mol. The van der Waals surface area contributed by atoms with Crippen LogP contribution in [0, 0.1) is 0 Å². The van der Waals surface area contributed by atoms with Gasteiger partial charge in [-0.05, 0) is 50.1 Å². The number of aryl methyl sites for hydroxylation is 1. The maximum absolute atomic E-state index is 11.8. The van der Waals surface area contributed by atoms with Crippen LogP contribution in [0.4, 0.5) is 5.69 Å². The number of carbonyl (C=O) groups excluding carboxylic acids is 1. The first-order valence-corrected chi connectivity index (χ1v) is 9.18. The number of hydrazone groups is 1. The minimum absolute atomic E-state index is 0.115. The molecule has 0 heterocycles. The number of nitrogens with one attached hydrogen (secondary N) is 1. The molecule has 0 saturated carbocycles. The Kier molecular flexibility index (Phi) is 7.67.